The molecule has 0 spiro atoms. The number of fused-ring (bicyclic) bond motifs is 3. The molecule has 3 aromatic rings. The van der Waals surface area contributed by atoms with E-state index in [0.29, 0.717) is 5.92 Å². The van der Waals surface area contributed by atoms with E-state index in [1.807, 2.05) is 24.7 Å². The molecule has 3 aromatic heterocycles. The van der Waals surface area contributed by atoms with E-state index in [4.69, 9.17) is 0 Å². The first-order valence-corrected chi connectivity index (χ1v) is 9.78. The monoisotopic (exact) mass is 364 g/mol. The standard InChI is InChI=1S/C20H24N6O/c27-20(24-11-13-1-2-13)25-14-5-9-26(10-6-14)17-4-8-21-16-12-23-19-15(18(16)17)3-7-22-19/h3-4,7-8,12-14,21H,1-2,5-6,9-11H2,(H2,24,25,27). The number of hydrogen-bond donors (Lipinski definition) is 3. The van der Waals surface area contributed by atoms with Gasteiger partial charge >= 0.3 is 6.03 Å². The van der Waals surface area contributed by atoms with E-state index in [-0.39, 0.29) is 12.1 Å². The van der Waals surface area contributed by atoms with Crippen molar-refractivity contribution in [2.75, 3.05) is 24.5 Å². The molecule has 1 saturated heterocycles. The zero-order valence-corrected chi connectivity index (χ0v) is 15.2. The molecule has 140 valence electrons. The molecule has 0 atom stereocenters. The number of carbonyl (C=O) groups excluding carboxylic acids is 1. The fourth-order valence-electron chi connectivity index (χ4n) is 3.96. The van der Waals surface area contributed by atoms with Gasteiger partial charge in [0.25, 0.3) is 0 Å². The third-order valence-corrected chi connectivity index (χ3v) is 5.69. The number of nitrogens with zero attached hydrogens (tertiary/aromatic N) is 3. The molecule has 2 amide bonds. The van der Waals surface area contributed by atoms with Gasteiger partial charge in [-0.3, -0.25) is 0 Å². The fraction of sp³-hybridized carbons (Fsp3) is 0.450. The van der Waals surface area contributed by atoms with Crippen molar-refractivity contribution in [2.45, 2.75) is 31.7 Å². The van der Waals surface area contributed by atoms with E-state index < -0.39 is 0 Å². The van der Waals surface area contributed by atoms with Crippen LogP contribution in [0.4, 0.5) is 10.5 Å². The van der Waals surface area contributed by atoms with Crippen LogP contribution in [0, 0.1) is 5.92 Å². The summed E-state index contributed by atoms with van der Waals surface area (Å²) in [4.78, 5) is 26.5. The topological polar surface area (TPSA) is 85.9 Å². The normalized spacial score (nSPS) is 18.1. The summed E-state index contributed by atoms with van der Waals surface area (Å²) in [6, 6.07) is 4.38. The number of nitrogens with one attached hydrogen (secondary N) is 3. The SMILES string of the molecule is O=C(NCC1CC1)NC1CCN(c2cc[nH]c3cnc4nccc4c23)CC1. The van der Waals surface area contributed by atoms with Crippen molar-refractivity contribution >= 4 is 33.7 Å². The largest absolute Gasteiger partial charge is 0.371 e. The molecule has 7 heteroatoms. The van der Waals surface area contributed by atoms with E-state index in [1.165, 1.54) is 23.9 Å². The zero-order valence-electron chi connectivity index (χ0n) is 15.2. The molecule has 27 heavy (non-hydrogen) atoms. The summed E-state index contributed by atoms with van der Waals surface area (Å²) in [5.74, 6) is 0.706. The summed E-state index contributed by atoms with van der Waals surface area (Å²) in [6.45, 7) is 2.66. The summed E-state index contributed by atoms with van der Waals surface area (Å²) in [5.41, 5.74) is 3.01. The third kappa shape index (κ3) is 3.29. The molecule has 2 fully saturated rings. The number of aromatic amines is 1. The quantitative estimate of drug-likeness (QED) is 0.664. The number of hydrogen-bond acceptors (Lipinski definition) is 4. The minimum Gasteiger partial charge on any atom is -0.371 e. The van der Waals surface area contributed by atoms with Crippen molar-refractivity contribution in [1.29, 1.82) is 0 Å². The molecule has 0 unspecified atom stereocenters. The minimum absolute atomic E-state index is 0.0178. The Morgan fingerprint density at radius 1 is 1.19 bits per heavy atom. The Morgan fingerprint density at radius 2 is 2.04 bits per heavy atom. The van der Waals surface area contributed by atoms with Gasteiger partial charge in [-0.05, 0) is 43.7 Å². The van der Waals surface area contributed by atoms with E-state index in [2.05, 4.69) is 36.6 Å². The van der Waals surface area contributed by atoms with Crippen LogP contribution in [0.3, 0.4) is 0 Å². The zero-order chi connectivity index (χ0) is 18.2. The Morgan fingerprint density at radius 3 is 2.85 bits per heavy atom. The predicted molar refractivity (Wildman–Crippen MR) is 106 cm³/mol. The van der Waals surface area contributed by atoms with Crippen molar-refractivity contribution < 1.29 is 4.79 Å². The predicted octanol–water partition coefficient (Wildman–Crippen LogP) is 2.79. The maximum Gasteiger partial charge on any atom is 0.315 e. The van der Waals surface area contributed by atoms with Crippen molar-refractivity contribution in [3.8, 4) is 0 Å². The molecule has 2 aliphatic rings. The second kappa shape index (κ2) is 6.72. The van der Waals surface area contributed by atoms with E-state index in [1.54, 1.807) is 0 Å². The summed E-state index contributed by atoms with van der Waals surface area (Å²) >= 11 is 0. The molecule has 0 bridgehead atoms. The van der Waals surface area contributed by atoms with Crippen LogP contribution in [0.15, 0.2) is 30.7 Å². The van der Waals surface area contributed by atoms with Gasteiger partial charge in [0.15, 0.2) is 5.65 Å². The van der Waals surface area contributed by atoms with Gasteiger partial charge in [-0.1, -0.05) is 0 Å². The molecule has 0 aromatic carbocycles. The Balaban J connectivity index is 1.29. The second-order valence-corrected chi connectivity index (χ2v) is 7.65. The minimum atomic E-state index is -0.0178. The molecule has 3 N–H and O–H groups in total. The first-order chi connectivity index (χ1) is 13.3. The van der Waals surface area contributed by atoms with Gasteiger partial charge in [-0.25, -0.2) is 14.8 Å². The number of amides is 2. The average molecular weight is 364 g/mol. The molecule has 7 nitrogen and oxygen atoms in total. The first kappa shape index (κ1) is 16.4. The Kier molecular flexibility index (Phi) is 4.07. The van der Waals surface area contributed by atoms with Crippen LogP contribution in [0.25, 0.3) is 21.9 Å². The van der Waals surface area contributed by atoms with Gasteiger partial charge in [0.2, 0.25) is 0 Å². The molecule has 0 radical (unpaired) electrons. The summed E-state index contributed by atoms with van der Waals surface area (Å²) in [7, 11) is 0. The van der Waals surface area contributed by atoms with Crippen LogP contribution in [-0.4, -0.2) is 46.7 Å². The number of anilines is 1. The van der Waals surface area contributed by atoms with Gasteiger partial charge in [-0.2, -0.15) is 0 Å². The molecule has 4 heterocycles. The van der Waals surface area contributed by atoms with Gasteiger partial charge in [0.1, 0.15) is 0 Å². The number of H-pyrrole nitrogens is 1. The third-order valence-electron chi connectivity index (χ3n) is 5.69. The van der Waals surface area contributed by atoms with Crippen LogP contribution in [0.1, 0.15) is 25.7 Å². The molecular formula is C20H24N6O. The molecule has 1 aliphatic heterocycles. The van der Waals surface area contributed by atoms with E-state index >= 15 is 0 Å². The summed E-state index contributed by atoms with van der Waals surface area (Å²) < 4.78 is 0. The number of urea groups is 1. The Labute approximate surface area is 157 Å². The highest BCUT2D eigenvalue weighted by molar-refractivity contribution is 6.09. The summed E-state index contributed by atoms with van der Waals surface area (Å²) in [5, 5.41) is 8.39. The number of piperidine rings is 1. The lowest BCUT2D eigenvalue weighted by atomic mass is 10.0. The molecule has 5 rings (SSSR count). The molecule has 1 aliphatic carbocycles. The van der Waals surface area contributed by atoms with Gasteiger partial charge < -0.3 is 20.5 Å². The lowest BCUT2D eigenvalue weighted by Crippen LogP contribution is -2.48. The maximum absolute atomic E-state index is 12.0. The first-order valence-electron chi connectivity index (χ1n) is 9.78. The van der Waals surface area contributed by atoms with Crippen molar-refractivity contribution in [3.63, 3.8) is 0 Å². The highest BCUT2D eigenvalue weighted by Gasteiger charge is 2.24. The van der Waals surface area contributed by atoms with E-state index in [9.17, 15) is 4.79 Å². The fourth-order valence-corrected chi connectivity index (χ4v) is 3.96. The number of pyridine rings is 2. The van der Waals surface area contributed by atoms with Crippen LogP contribution in [-0.2, 0) is 0 Å². The summed E-state index contributed by atoms with van der Waals surface area (Å²) in [6.07, 6.45) is 10.0. The number of aromatic nitrogens is 3. The highest BCUT2D eigenvalue weighted by atomic mass is 16.2. The van der Waals surface area contributed by atoms with E-state index in [0.717, 1.165) is 49.0 Å². The average Bonchev–Trinajstić information content (AvgIpc) is 3.40. The van der Waals surface area contributed by atoms with Gasteiger partial charge in [-0.15, -0.1) is 0 Å². The van der Waals surface area contributed by atoms with Crippen molar-refractivity contribution in [2.24, 2.45) is 5.92 Å². The van der Waals surface area contributed by atoms with Gasteiger partial charge in [0, 0.05) is 54.5 Å². The van der Waals surface area contributed by atoms with Crippen LogP contribution in [0.2, 0.25) is 0 Å². The lowest BCUT2D eigenvalue weighted by molar-refractivity contribution is 0.234. The van der Waals surface area contributed by atoms with Crippen LogP contribution >= 0.6 is 0 Å². The van der Waals surface area contributed by atoms with Crippen LogP contribution < -0.4 is 15.5 Å². The molecular weight excluding hydrogens is 340 g/mol. The Bertz CT molecular complexity index is 971. The number of rotatable bonds is 4. The number of carbonyl (C=O) groups is 1. The molecule has 1 saturated carbocycles. The lowest BCUT2D eigenvalue weighted by Gasteiger charge is -2.34. The second-order valence-electron chi connectivity index (χ2n) is 7.65. The smallest absolute Gasteiger partial charge is 0.315 e. The highest BCUT2D eigenvalue weighted by Crippen LogP contribution is 2.32. The van der Waals surface area contributed by atoms with Gasteiger partial charge in [0.05, 0.1) is 11.7 Å². The Hall–Kier alpha value is -2.83. The maximum atomic E-state index is 12.0. The van der Waals surface area contributed by atoms with Crippen molar-refractivity contribution in [3.05, 3.63) is 30.7 Å². The van der Waals surface area contributed by atoms with Crippen molar-refractivity contribution in [1.82, 2.24) is 25.6 Å². The van der Waals surface area contributed by atoms with Crippen LogP contribution in [0.5, 0.6) is 0 Å².